The molecular weight excluding hydrogens is 488 g/mol. The van der Waals surface area contributed by atoms with Crippen molar-refractivity contribution in [1.82, 2.24) is 10.2 Å². The quantitative estimate of drug-likeness (QED) is 0.318. The number of halogens is 1. The normalized spacial score (nSPS) is 11.5. The zero-order valence-electron chi connectivity index (χ0n) is 17.8. The van der Waals surface area contributed by atoms with E-state index < -0.39 is 22.5 Å². The molecule has 0 aliphatic rings. The fraction of sp³-hybridized carbons (Fsp3) is 0.286. The van der Waals surface area contributed by atoms with Crippen molar-refractivity contribution in [3.8, 4) is 0 Å². The van der Waals surface area contributed by atoms with E-state index >= 15 is 0 Å². The minimum absolute atomic E-state index is 0.0403. The zero-order chi connectivity index (χ0) is 23.3. The van der Waals surface area contributed by atoms with Crippen LogP contribution in [-0.2, 0) is 14.8 Å². The first-order chi connectivity index (χ1) is 15.1. The summed E-state index contributed by atoms with van der Waals surface area (Å²) in [4.78, 5) is 12.8. The number of aryl methyl sites for hydroxylation is 1. The molecule has 3 aromatic rings. The Labute approximate surface area is 201 Å². The van der Waals surface area contributed by atoms with E-state index in [0.717, 1.165) is 20.0 Å². The molecule has 0 fully saturated rings. The summed E-state index contributed by atoms with van der Waals surface area (Å²) in [5, 5.41) is 11.5. The van der Waals surface area contributed by atoms with E-state index in [1.807, 2.05) is 6.92 Å². The minimum Gasteiger partial charge on any atom is -0.299 e. The van der Waals surface area contributed by atoms with Gasteiger partial charge in [0.25, 0.3) is 10.0 Å². The number of sulfonamides is 1. The Hall–Kier alpha value is -2.14. The maximum Gasteiger partial charge on any atom is 0.264 e. The molecule has 0 aliphatic carbocycles. The zero-order valence-corrected chi connectivity index (χ0v) is 21.0. The second-order valence-electron chi connectivity index (χ2n) is 7.43. The highest BCUT2D eigenvalue weighted by atomic mass is 35.5. The molecule has 170 valence electrons. The molecule has 0 saturated carbocycles. The van der Waals surface area contributed by atoms with E-state index in [4.69, 9.17) is 11.6 Å². The number of thioether (sulfide) groups is 1. The van der Waals surface area contributed by atoms with Crippen LogP contribution in [0.25, 0.3) is 0 Å². The lowest BCUT2D eigenvalue weighted by molar-refractivity contribution is -0.114. The van der Waals surface area contributed by atoms with Gasteiger partial charge in [-0.25, -0.2) is 8.42 Å². The van der Waals surface area contributed by atoms with Gasteiger partial charge in [0.2, 0.25) is 11.0 Å². The Kier molecular flexibility index (Phi) is 8.16. The third-order valence-corrected chi connectivity index (χ3v) is 8.64. The first-order valence-electron chi connectivity index (χ1n) is 9.76. The monoisotopic (exact) mass is 510 g/mol. The van der Waals surface area contributed by atoms with Gasteiger partial charge in [0.15, 0.2) is 4.34 Å². The van der Waals surface area contributed by atoms with Gasteiger partial charge in [-0.2, -0.15) is 0 Å². The predicted molar refractivity (Wildman–Crippen MR) is 131 cm³/mol. The predicted octanol–water partition coefficient (Wildman–Crippen LogP) is 5.08. The Bertz CT molecular complexity index is 1160. The molecule has 0 bridgehead atoms. The van der Waals surface area contributed by atoms with Crippen molar-refractivity contribution < 1.29 is 13.2 Å². The summed E-state index contributed by atoms with van der Waals surface area (Å²) in [5.74, 6) is 0.881. The van der Waals surface area contributed by atoms with Gasteiger partial charge in [-0.1, -0.05) is 66.2 Å². The van der Waals surface area contributed by atoms with Gasteiger partial charge in [0.1, 0.15) is 6.54 Å². The molecule has 0 radical (unpaired) electrons. The second kappa shape index (κ2) is 10.7. The Morgan fingerprint density at radius 1 is 1.12 bits per heavy atom. The van der Waals surface area contributed by atoms with Crippen molar-refractivity contribution in [3.63, 3.8) is 0 Å². The molecule has 1 N–H and O–H groups in total. The molecule has 0 saturated heterocycles. The number of nitrogens with zero attached hydrogens (tertiary/aromatic N) is 3. The van der Waals surface area contributed by atoms with Gasteiger partial charge < -0.3 is 0 Å². The van der Waals surface area contributed by atoms with E-state index in [0.29, 0.717) is 21.8 Å². The maximum atomic E-state index is 13.3. The largest absolute Gasteiger partial charge is 0.299 e. The molecule has 11 heteroatoms. The number of hydrogen-bond donors (Lipinski definition) is 1. The van der Waals surface area contributed by atoms with Crippen LogP contribution in [0.15, 0.2) is 57.8 Å². The smallest absolute Gasteiger partial charge is 0.264 e. The van der Waals surface area contributed by atoms with Crippen LogP contribution < -0.4 is 9.62 Å². The van der Waals surface area contributed by atoms with Crippen LogP contribution in [0.5, 0.6) is 0 Å². The highest BCUT2D eigenvalue weighted by Gasteiger charge is 2.27. The average molecular weight is 511 g/mol. The van der Waals surface area contributed by atoms with Crippen molar-refractivity contribution >= 4 is 61.4 Å². The molecule has 1 heterocycles. The number of carbonyl (C=O) groups is 1. The summed E-state index contributed by atoms with van der Waals surface area (Å²) in [6.07, 6.45) is 0. The molecule has 0 aliphatic heterocycles. The van der Waals surface area contributed by atoms with Gasteiger partial charge in [0.05, 0.1) is 10.6 Å². The van der Waals surface area contributed by atoms with E-state index in [-0.39, 0.29) is 4.90 Å². The van der Waals surface area contributed by atoms with Gasteiger partial charge >= 0.3 is 0 Å². The fourth-order valence-electron chi connectivity index (χ4n) is 2.61. The summed E-state index contributed by atoms with van der Waals surface area (Å²) in [7, 11) is -4.01. The molecule has 0 unspecified atom stereocenters. The lowest BCUT2D eigenvalue weighted by atomic mass is 10.2. The molecule has 0 spiro atoms. The van der Waals surface area contributed by atoms with Gasteiger partial charge in [0, 0.05) is 10.8 Å². The van der Waals surface area contributed by atoms with Crippen molar-refractivity contribution in [3.05, 3.63) is 59.1 Å². The van der Waals surface area contributed by atoms with E-state index in [1.165, 1.54) is 35.6 Å². The number of nitrogens with one attached hydrogen (secondary N) is 1. The van der Waals surface area contributed by atoms with Crippen molar-refractivity contribution in [2.45, 2.75) is 30.0 Å². The van der Waals surface area contributed by atoms with Crippen LogP contribution in [0, 0.1) is 12.8 Å². The number of benzene rings is 2. The van der Waals surface area contributed by atoms with Crippen molar-refractivity contribution in [1.29, 1.82) is 0 Å². The van der Waals surface area contributed by atoms with E-state index in [9.17, 15) is 13.2 Å². The molecular formula is C21H23ClN4O3S3. The summed E-state index contributed by atoms with van der Waals surface area (Å²) in [6.45, 7) is 5.70. The van der Waals surface area contributed by atoms with Gasteiger partial charge in [-0.3, -0.25) is 14.4 Å². The van der Waals surface area contributed by atoms with Crippen LogP contribution >= 0.6 is 34.7 Å². The van der Waals surface area contributed by atoms with E-state index in [1.54, 1.807) is 36.0 Å². The van der Waals surface area contributed by atoms with Crippen molar-refractivity contribution in [2.24, 2.45) is 5.92 Å². The highest BCUT2D eigenvalue weighted by Crippen LogP contribution is 2.28. The Balaban J connectivity index is 1.82. The lowest BCUT2D eigenvalue weighted by Crippen LogP contribution is -2.38. The highest BCUT2D eigenvalue weighted by molar-refractivity contribution is 8.01. The lowest BCUT2D eigenvalue weighted by Gasteiger charge is -2.24. The van der Waals surface area contributed by atoms with Crippen LogP contribution in [0.4, 0.5) is 10.8 Å². The molecule has 7 nitrogen and oxygen atoms in total. The molecule has 2 aromatic carbocycles. The first kappa shape index (κ1) is 24.5. The SMILES string of the molecule is Cc1ccc(N(CC(=O)Nc2nnc(SCC(C)C)s2)S(=O)(=O)c2ccc(Cl)cc2)cc1. The van der Waals surface area contributed by atoms with Gasteiger partial charge in [-0.15, -0.1) is 10.2 Å². The standard InChI is InChI=1S/C21H23ClN4O3S3/c1-14(2)13-30-21-25-24-20(31-21)23-19(27)12-26(17-8-4-15(3)5-9-17)32(28,29)18-10-6-16(22)7-11-18/h4-11,14H,12-13H2,1-3H3,(H,23,24,27). The molecule has 32 heavy (non-hydrogen) atoms. The fourth-order valence-corrected chi connectivity index (χ4v) is 5.90. The average Bonchev–Trinajstić information content (AvgIpc) is 3.19. The molecule has 1 amide bonds. The van der Waals surface area contributed by atoms with E-state index in [2.05, 4.69) is 29.4 Å². The van der Waals surface area contributed by atoms with Gasteiger partial charge in [-0.05, 0) is 49.2 Å². The summed E-state index contributed by atoms with van der Waals surface area (Å²) >= 11 is 8.73. The maximum absolute atomic E-state index is 13.3. The van der Waals surface area contributed by atoms with Crippen LogP contribution in [-0.4, -0.2) is 36.8 Å². The number of rotatable bonds is 9. The second-order valence-corrected chi connectivity index (χ2v) is 12.0. The van der Waals surface area contributed by atoms with Crippen LogP contribution in [0.3, 0.4) is 0 Å². The summed E-state index contributed by atoms with van der Waals surface area (Å²) in [5.41, 5.74) is 1.36. The number of anilines is 2. The van der Waals surface area contributed by atoms with Crippen LogP contribution in [0.1, 0.15) is 19.4 Å². The number of carbonyl (C=O) groups excluding carboxylic acids is 1. The Morgan fingerprint density at radius 2 is 1.78 bits per heavy atom. The third kappa shape index (κ3) is 6.44. The molecule has 0 atom stereocenters. The number of aromatic nitrogens is 2. The third-order valence-electron chi connectivity index (χ3n) is 4.20. The summed E-state index contributed by atoms with van der Waals surface area (Å²) in [6, 6.07) is 12.8. The number of amides is 1. The Morgan fingerprint density at radius 3 is 2.41 bits per heavy atom. The minimum atomic E-state index is -4.01. The first-order valence-corrected chi connectivity index (χ1v) is 13.4. The van der Waals surface area contributed by atoms with Crippen molar-refractivity contribution in [2.75, 3.05) is 21.9 Å². The molecule has 1 aromatic heterocycles. The molecule has 3 rings (SSSR count). The number of hydrogen-bond acceptors (Lipinski definition) is 7. The van der Waals surface area contributed by atoms with Crippen LogP contribution in [0.2, 0.25) is 5.02 Å². The summed E-state index contributed by atoms with van der Waals surface area (Å²) < 4.78 is 28.5. The topological polar surface area (TPSA) is 92.3 Å².